The van der Waals surface area contributed by atoms with Crippen LogP contribution >= 0.6 is 11.6 Å². The predicted octanol–water partition coefficient (Wildman–Crippen LogP) is 4.37. The van der Waals surface area contributed by atoms with Crippen LogP contribution in [0, 0.1) is 0 Å². The van der Waals surface area contributed by atoms with E-state index in [1.165, 1.54) is 0 Å². The molecule has 0 amide bonds. The molecule has 1 aliphatic rings. The second-order valence-electron chi connectivity index (χ2n) is 7.09. The number of carbonyl (C=O) groups excluding carboxylic acids is 1. The number of halogens is 1. The standard InChI is InChI=1S/C22H17ClN4O2/c1-29-17-8-4-13(5-9-17)15-10-19-18(20(28)11-15)12-27-22(24-19)25-21(26-27)14-2-6-16(23)7-3-14/h2-9,12,15H,10-11H2,1H3/t15-/m0/s1. The third kappa shape index (κ3) is 3.25. The highest BCUT2D eigenvalue weighted by molar-refractivity contribution is 6.30. The van der Waals surface area contributed by atoms with Crippen molar-refractivity contribution in [3.63, 3.8) is 0 Å². The van der Waals surface area contributed by atoms with Gasteiger partial charge in [-0.3, -0.25) is 4.79 Å². The molecule has 2 aromatic heterocycles. The number of hydrogen-bond acceptors (Lipinski definition) is 5. The number of aromatic nitrogens is 4. The second-order valence-corrected chi connectivity index (χ2v) is 7.53. The lowest BCUT2D eigenvalue weighted by Gasteiger charge is -2.23. The first-order valence-corrected chi connectivity index (χ1v) is 9.68. The lowest BCUT2D eigenvalue weighted by molar-refractivity contribution is 0.0962. The molecule has 144 valence electrons. The third-order valence-corrected chi connectivity index (χ3v) is 5.52. The molecule has 0 N–H and O–H groups in total. The van der Waals surface area contributed by atoms with Gasteiger partial charge in [0.25, 0.3) is 5.78 Å². The molecular formula is C22H17ClN4O2. The fraction of sp³-hybridized carbons (Fsp3) is 0.182. The molecule has 2 heterocycles. The van der Waals surface area contributed by atoms with Gasteiger partial charge in [-0.15, -0.1) is 5.10 Å². The van der Waals surface area contributed by atoms with Crippen LogP contribution in [-0.4, -0.2) is 32.5 Å². The van der Waals surface area contributed by atoms with Gasteiger partial charge in [-0.25, -0.2) is 9.50 Å². The summed E-state index contributed by atoms with van der Waals surface area (Å²) in [5, 5.41) is 5.14. The van der Waals surface area contributed by atoms with Gasteiger partial charge in [-0.1, -0.05) is 23.7 Å². The van der Waals surface area contributed by atoms with Crippen molar-refractivity contribution in [3.8, 4) is 17.1 Å². The Morgan fingerprint density at radius 1 is 1.03 bits per heavy atom. The number of benzene rings is 2. The van der Waals surface area contributed by atoms with Crippen LogP contribution in [-0.2, 0) is 6.42 Å². The van der Waals surface area contributed by atoms with Crippen molar-refractivity contribution >= 4 is 23.2 Å². The number of fused-ring (bicyclic) bond motifs is 2. The van der Waals surface area contributed by atoms with Crippen molar-refractivity contribution in [2.24, 2.45) is 0 Å². The van der Waals surface area contributed by atoms with E-state index in [2.05, 4.69) is 15.1 Å². The molecule has 2 aromatic carbocycles. The number of carbonyl (C=O) groups is 1. The van der Waals surface area contributed by atoms with Crippen LogP contribution in [0.4, 0.5) is 0 Å². The molecule has 29 heavy (non-hydrogen) atoms. The van der Waals surface area contributed by atoms with E-state index in [4.69, 9.17) is 16.3 Å². The highest BCUT2D eigenvalue weighted by Gasteiger charge is 2.28. The fourth-order valence-electron chi connectivity index (χ4n) is 3.72. The SMILES string of the molecule is COc1ccc([C@@H]2CC(=O)c3cn4nc(-c5ccc(Cl)cc5)nc4nc3C2)cc1. The zero-order valence-electron chi connectivity index (χ0n) is 15.7. The summed E-state index contributed by atoms with van der Waals surface area (Å²) in [6, 6.07) is 15.2. The highest BCUT2D eigenvalue weighted by Crippen LogP contribution is 2.33. The molecule has 0 radical (unpaired) electrons. The smallest absolute Gasteiger partial charge is 0.252 e. The molecule has 1 atom stereocenters. The Hall–Kier alpha value is -3.25. The molecule has 0 bridgehead atoms. The van der Waals surface area contributed by atoms with Gasteiger partial charge in [-0.05, 0) is 54.3 Å². The maximum Gasteiger partial charge on any atom is 0.252 e. The maximum absolute atomic E-state index is 12.8. The summed E-state index contributed by atoms with van der Waals surface area (Å²) in [5.74, 6) is 2.00. The zero-order chi connectivity index (χ0) is 20.0. The first-order valence-electron chi connectivity index (χ1n) is 9.30. The summed E-state index contributed by atoms with van der Waals surface area (Å²) in [6.45, 7) is 0. The van der Waals surface area contributed by atoms with E-state index < -0.39 is 0 Å². The molecule has 0 saturated heterocycles. The van der Waals surface area contributed by atoms with Gasteiger partial charge in [0.1, 0.15) is 5.75 Å². The molecule has 0 spiro atoms. The van der Waals surface area contributed by atoms with Crippen LogP contribution in [0.5, 0.6) is 5.75 Å². The Labute approximate surface area is 172 Å². The molecular weight excluding hydrogens is 388 g/mol. The van der Waals surface area contributed by atoms with Crippen LogP contribution in [0.2, 0.25) is 5.02 Å². The summed E-state index contributed by atoms with van der Waals surface area (Å²) in [4.78, 5) is 22.0. The Balaban J connectivity index is 1.51. The average Bonchev–Trinajstić information content (AvgIpc) is 3.16. The number of hydrogen-bond donors (Lipinski definition) is 0. The minimum atomic E-state index is 0.0741. The Bertz CT molecular complexity index is 1220. The highest BCUT2D eigenvalue weighted by atomic mass is 35.5. The Kier molecular flexibility index (Phi) is 4.28. The van der Waals surface area contributed by atoms with Gasteiger partial charge >= 0.3 is 0 Å². The molecule has 0 aliphatic heterocycles. The molecule has 6 nitrogen and oxygen atoms in total. The van der Waals surface area contributed by atoms with Crippen LogP contribution in [0.3, 0.4) is 0 Å². The van der Waals surface area contributed by atoms with E-state index in [1.54, 1.807) is 30.0 Å². The molecule has 4 aromatic rings. The van der Waals surface area contributed by atoms with E-state index in [-0.39, 0.29) is 11.7 Å². The fourth-order valence-corrected chi connectivity index (χ4v) is 3.84. The maximum atomic E-state index is 12.8. The summed E-state index contributed by atoms with van der Waals surface area (Å²) in [6.07, 6.45) is 2.88. The van der Waals surface area contributed by atoms with E-state index in [0.717, 1.165) is 22.6 Å². The summed E-state index contributed by atoms with van der Waals surface area (Å²) >= 11 is 5.96. The van der Waals surface area contributed by atoms with Gasteiger partial charge in [0, 0.05) is 23.2 Å². The van der Waals surface area contributed by atoms with Crippen LogP contribution < -0.4 is 4.74 Å². The number of Topliss-reactive ketones (excluding diaryl/α,β-unsaturated/α-hetero) is 1. The molecule has 0 unspecified atom stereocenters. The number of ketones is 1. The average molecular weight is 405 g/mol. The number of methoxy groups -OCH3 is 1. The number of nitrogens with zero attached hydrogens (tertiary/aromatic N) is 4. The van der Waals surface area contributed by atoms with Crippen molar-refractivity contribution in [1.82, 2.24) is 19.6 Å². The number of rotatable bonds is 3. The molecule has 0 saturated carbocycles. The van der Waals surface area contributed by atoms with Crippen molar-refractivity contribution in [2.45, 2.75) is 18.8 Å². The molecule has 0 fully saturated rings. The van der Waals surface area contributed by atoms with E-state index in [0.29, 0.717) is 35.0 Å². The molecule has 7 heteroatoms. The van der Waals surface area contributed by atoms with Gasteiger partial charge in [-0.2, -0.15) is 4.98 Å². The molecule has 1 aliphatic carbocycles. The Morgan fingerprint density at radius 2 is 1.79 bits per heavy atom. The van der Waals surface area contributed by atoms with Gasteiger partial charge in [0.15, 0.2) is 11.6 Å². The second kappa shape index (κ2) is 6.97. The van der Waals surface area contributed by atoms with Gasteiger partial charge in [0.05, 0.1) is 18.4 Å². The van der Waals surface area contributed by atoms with Crippen molar-refractivity contribution < 1.29 is 9.53 Å². The Morgan fingerprint density at radius 3 is 2.52 bits per heavy atom. The van der Waals surface area contributed by atoms with Crippen molar-refractivity contribution in [3.05, 3.63) is 76.6 Å². The predicted molar refractivity (Wildman–Crippen MR) is 110 cm³/mol. The lowest BCUT2D eigenvalue weighted by Crippen LogP contribution is -2.21. The summed E-state index contributed by atoms with van der Waals surface area (Å²) in [7, 11) is 1.64. The third-order valence-electron chi connectivity index (χ3n) is 5.27. The first-order chi connectivity index (χ1) is 14.1. The van der Waals surface area contributed by atoms with Crippen LogP contribution in [0.15, 0.2) is 54.7 Å². The minimum absolute atomic E-state index is 0.0741. The molecule has 5 rings (SSSR count). The van der Waals surface area contributed by atoms with Crippen LogP contribution in [0.25, 0.3) is 17.2 Å². The van der Waals surface area contributed by atoms with E-state index in [9.17, 15) is 4.79 Å². The largest absolute Gasteiger partial charge is 0.497 e. The van der Waals surface area contributed by atoms with Gasteiger partial charge in [0.2, 0.25) is 0 Å². The van der Waals surface area contributed by atoms with Crippen molar-refractivity contribution in [2.75, 3.05) is 7.11 Å². The summed E-state index contributed by atoms with van der Waals surface area (Å²) < 4.78 is 6.80. The van der Waals surface area contributed by atoms with E-state index >= 15 is 0 Å². The lowest BCUT2D eigenvalue weighted by atomic mass is 9.82. The van der Waals surface area contributed by atoms with Crippen molar-refractivity contribution in [1.29, 1.82) is 0 Å². The monoisotopic (exact) mass is 404 g/mol. The minimum Gasteiger partial charge on any atom is -0.497 e. The quantitative estimate of drug-likeness (QED) is 0.507. The zero-order valence-corrected chi connectivity index (χ0v) is 16.4. The normalized spacial score (nSPS) is 16.1. The topological polar surface area (TPSA) is 69.4 Å². The summed E-state index contributed by atoms with van der Waals surface area (Å²) in [5.41, 5.74) is 3.34. The van der Waals surface area contributed by atoms with E-state index in [1.807, 2.05) is 36.4 Å². The van der Waals surface area contributed by atoms with Gasteiger partial charge < -0.3 is 4.74 Å². The van der Waals surface area contributed by atoms with Crippen LogP contribution in [0.1, 0.15) is 34.0 Å². The number of ether oxygens (including phenoxy) is 1. The first kappa shape index (κ1) is 17.8.